The van der Waals surface area contributed by atoms with E-state index in [0.717, 1.165) is 25.7 Å². The fraction of sp³-hybridized carbons (Fsp3) is 0.778. The molecule has 1 nitrogen and oxygen atoms in total. The third-order valence-corrected chi connectivity index (χ3v) is 1.62. The lowest BCUT2D eigenvalue weighted by atomic mass is 10.1. The van der Waals surface area contributed by atoms with Crippen molar-refractivity contribution >= 4 is 0 Å². The molecule has 0 aromatic rings. The van der Waals surface area contributed by atoms with Gasteiger partial charge in [0.05, 0.1) is 6.10 Å². The number of hydrogen-bond donors (Lipinski definition) is 0. The SMILES string of the molecule is [C]#CCCCC(CC)OC. The second-order valence-corrected chi connectivity index (χ2v) is 2.33. The predicted octanol–water partition coefficient (Wildman–Crippen LogP) is 2.17. The first kappa shape index (κ1) is 9.52. The highest BCUT2D eigenvalue weighted by atomic mass is 16.5. The van der Waals surface area contributed by atoms with Gasteiger partial charge < -0.3 is 4.74 Å². The van der Waals surface area contributed by atoms with Crippen LogP contribution in [0.2, 0.25) is 0 Å². The van der Waals surface area contributed by atoms with Crippen molar-refractivity contribution in [1.82, 2.24) is 0 Å². The van der Waals surface area contributed by atoms with Crippen LogP contribution in [0.15, 0.2) is 0 Å². The Morgan fingerprint density at radius 1 is 1.60 bits per heavy atom. The fourth-order valence-electron chi connectivity index (χ4n) is 0.907. The normalized spacial score (nSPS) is 12.5. The first-order valence-corrected chi connectivity index (χ1v) is 3.77. The maximum absolute atomic E-state index is 6.67. The Morgan fingerprint density at radius 2 is 2.30 bits per heavy atom. The lowest BCUT2D eigenvalue weighted by Gasteiger charge is -2.10. The summed E-state index contributed by atoms with van der Waals surface area (Å²) in [5.74, 6) is 2.37. The van der Waals surface area contributed by atoms with Gasteiger partial charge in [0.15, 0.2) is 0 Å². The Hall–Kier alpha value is -0.480. The van der Waals surface area contributed by atoms with Crippen molar-refractivity contribution in [3.63, 3.8) is 0 Å². The van der Waals surface area contributed by atoms with Crippen molar-refractivity contribution in [1.29, 1.82) is 0 Å². The minimum absolute atomic E-state index is 0.383. The third-order valence-electron chi connectivity index (χ3n) is 1.62. The van der Waals surface area contributed by atoms with Crippen LogP contribution in [0.1, 0.15) is 32.6 Å². The van der Waals surface area contributed by atoms with Crippen LogP contribution in [0.4, 0.5) is 0 Å². The summed E-state index contributed by atoms with van der Waals surface area (Å²) in [5, 5.41) is 0. The number of unbranched alkanes of at least 4 members (excludes halogenated alkanes) is 1. The molecular formula is C9H15O. The molecule has 0 aromatic carbocycles. The Balaban J connectivity index is 3.19. The van der Waals surface area contributed by atoms with Crippen molar-refractivity contribution in [2.45, 2.75) is 38.7 Å². The summed E-state index contributed by atoms with van der Waals surface area (Å²) in [6, 6.07) is 0. The van der Waals surface area contributed by atoms with Gasteiger partial charge >= 0.3 is 0 Å². The molecule has 1 unspecified atom stereocenters. The summed E-state index contributed by atoms with van der Waals surface area (Å²) in [6.07, 6.45) is 11.0. The number of hydrogen-bond acceptors (Lipinski definition) is 1. The number of rotatable bonds is 5. The van der Waals surface area contributed by atoms with Gasteiger partial charge in [-0.15, -0.1) is 0 Å². The van der Waals surface area contributed by atoms with Gasteiger partial charge in [-0.1, -0.05) is 12.8 Å². The van der Waals surface area contributed by atoms with Crippen molar-refractivity contribution in [3.8, 4) is 5.92 Å². The van der Waals surface area contributed by atoms with Crippen LogP contribution in [0.25, 0.3) is 0 Å². The average Bonchev–Trinajstić information content (AvgIpc) is 1.99. The van der Waals surface area contributed by atoms with Gasteiger partial charge in [0.1, 0.15) is 0 Å². The van der Waals surface area contributed by atoms with E-state index in [1.54, 1.807) is 7.11 Å². The number of ether oxygens (including phenoxy) is 1. The summed E-state index contributed by atoms with van der Waals surface area (Å²) in [6.45, 7) is 2.11. The minimum Gasteiger partial charge on any atom is -0.381 e. The van der Waals surface area contributed by atoms with E-state index in [0.29, 0.717) is 6.10 Å². The molecule has 0 amide bonds. The first-order valence-electron chi connectivity index (χ1n) is 3.77. The van der Waals surface area contributed by atoms with Gasteiger partial charge in [-0.3, -0.25) is 0 Å². The molecule has 1 heteroatoms. The fourth-order valence-corrected chi connectivity index (χ4v) is 0.907. The molecular weight excluding hydrogens is 124 g/mol. The second kappa shape index (κ2) is 6.64. The summed E-state index contributed by atoms with van der Waals surface area (Å²) in [7, 11) is 1.74. The van der Waals surface area contributed by atoms with E-state index in [-0.39, 0.29) is 0 Å². The van der Waals surface area contributed by atoms with E-state index < -0.39 is 0 Å². The van der Waals surface area contributed by atoms with Crippen LogP contribution in [0.5, 0.6) is 0 Å². The highest BCUT2D eigenvalue weighted by Crippen LogP contribution is 2.06. The molecule has 0 aliphatic carbocycles. The van der Waals surface area contributed by atoms with Gasteiger partial charge in [0.2, 0.25) is 0 Å². The summed E-state index contributed by atoms with van der Waals surface area (Å²) in [4.78, 5) is 0. The van der Waals surface area contributed by atoms with Crippen molar-refractivity contribution in [3.05, 3.63) is 6.42 Å². The molecule has 0 rings (SSSR count). The molecule has 10 heavy (non-hydrogen) atoms. The van der Waals surface area contributed by atoms with Crippen LogP contribution >= 0.6 is 0 Å². The largest absolute Gasteiger partial charge is 0.381 e. The Labute approximate surface area is 63.8 Å². The highest BCUT2D eigenvalue weighted by Gasteiger charge is 2.01. The zero-order valence-corrected chi connectivity index (χ0v) is 6.81. The van der Waals surface area contributed by atoms with Gasteiger partial charge in [-0.25, -0.2) is 0 Å². The molecule has 0 heterocycles. The maximum atomic E-state index is 6.67. The Bertz CT molecular complexity index is 97.8. The first-order chi connectivity index (χ1) is 4.85. The zero-order valence-electron chi connectivity index (χ0n) is 6.81. The number of methoxy groups -OCH3 is 1. The standard InChI is InChI=1S/C9H15O/c1-4-6-7-8-9(5-2)10-3/h9H,5-8H2,2-3H3. The van der Waals surface area contributed by atoms with E-state index in [9.17, 15) is 0 Å². The van der Waals surface area contributed by atoms with E-state index in [2.05, 4.69) is 12.8 Å². The van der Waals surface area contributed by atoms with Crippen LogP contribution in [-0.4, -0.2) is 13.2 Å². The quantitative estimate of drug-likeness (QED) is 0.419. The Kier molecular flexibility index (Phi) is 6.32. The average molecular weight is 139 g/mol. The van der Waals surface area contributed by atoms with Crippen LogP contribution in [-0.2, 0) is 4.74 Å². The molecule has 0 aromatic heterocycles. The topological polar surface area (TPSA) is 9.23 Å². The van der Waals surface area contributed by atoms with Gasteiger partial charge in [-0.05, 0) is 25.7 Å². The van der Waals surface area contributed by atoms with Gasteiger partial charge in [0, 0.05) is 13.5 Å². The summed E-state index contributed by atoms with van der Waals surface area (Å²) >= 11 is 0. The van der Waals surface area contributed by atoms with E-state index in [1.807, 2.05) is 0 Å². The van der Waals surface area contributed by atoms with Crippen molar-refractivity contribution < 1.29 is 4.74 Å². The van der Waals surface area contributed by atoms with Crippen molar-refractivity contribution in [2.24, 2.45) is 0 Å². The Morgan fingerprint density at radius 3 is 2.70 bits per heavy atom. The smallest absolute Gasteiger partial charge is 0.0569 e. The lowest BCUT2D eigenvalue weighted by Crippen LogP contribution is -2.07. The second-order valence-electron chi connectivity index (χ2n) is 2.33. The highest BCUT2D eigenvalue weighted by molar-refractivity contribution is 4.75. The monoisotopic (exact) mass is 139 g/mol. The maximum Gasteiger partial charge on any atom is 0.0569 e. The molecule has 0 aliphatic rings. The van der Waals surface area contributed by atoms with Gasteiger partial charge in [0.25, 0.3) is 0 Å². The molecule has 0 spiro atoms. The molecule has 1 radical (unpaired) electrons. The predicted molar refractivity (Wildman–Crippen MR) is 42.1 cm³/mol. The lowest BCUT2D eigenvalue weighted by molar-refractivity contribution is 0.0907. The van der Waals surface area contributed by atoms with E-state index >= 15 is 0 Å². The molecule has 57 valence electrons. The molecule has 0 fully saturated rings. The molecule has 0 bridgehead atoms. The van der Waals surface area contributed by atoms with Gasteiger partial charge in [-0.2, -0.15) is 0 Å². The zero-order chi connectivity index (χ0) is 7.82. The molecule has 0 saturated heterocycles. The van der Waals surface area contributed by atoms with Crippen molar-refractivity contribution in [2.75, 3.05) is 7.11 Å². The summed E-state index contributed by atoms with van der Waals surface area (Å²) < 4.78 is 5.16. The van der Waals surface area contributed by atoms with Crippen LogP contribution in [0, 0.1) is 12.3 Å². The molecule has 0 saturated carbocycles. The summed E-state index contributed by atoms with van der Waals surface area (Å²) in [5.41, 5.74) is 0. The van der Waals surface area contributed by atoms with E-state index in [1.165, 1.54) is 0 Å². The molecule has 0 N–H and O–H groups in total. The van der Waals surface area contributed by atoms with E-state index in [4.69, 9.17) is 11.2 Å². The van der Waals surface area contributed by atoms with Crippen LogP contribution < -0.4 is 0 Å². The minimum atomic E-state index is 0.383. The molecule has 0 aliphatic heterocycles. The molecule has 1 atom stereocenters. The third kappa shape index (κ3) is 4.40. The van der Waals surface area contributed by atoms with Crippen LogP contribution in [0.3, 0.4) is 0 Å².